The Bertz CT molecular complexity index is 556. The van der Waals surface area contributed by atoms with Crippen molar-refractivity contribution in [3.63, 3.8) is 0 Å². The molecule has 0 spiro atoms. The topological polar surface area (TPSA) is 43.6 Å². The van der Waals surface area contributed by atoms with Gasteiger partial charge in [-0.2, -0.15) is 0 Å². The number of hydrogen-bond donors (Lipinski definition) is 0. The monoisotopic (exact) mass is 366 g/mol. The van der Waals surface area contributed by atoms with E-state index in [9.17, 15) is 9.18 Å². The lowest BCUT2D eigenvalue weighted by Gasteiger charge is -1.95. The molecule has 2 rings (SSSR count). The molecular weight excluding hydrogens is 359 g/mol. The summed E-state index contributed by atoms with van der Waals surface area (Å²) in [5, 5.41) is 0. The largest absolute Gasteiger partial charge is 0.461 e. The van der Waals surface area contributed by atoms with E-state index >= 15 is 0 Å². The maximum Gasteiger partial charge on any atom is 0.358 e. The highest BCUT2D eigenvalue weighted by Gasteiger charge is 2.13. The van der Waals surface area contributed by atoms with Gasteiger partial charge in [0.1, 0.15) is 5.82 Å². The number of rotatable bonds is 2. The van der Waals surface area contributed by atoms with Crippen molar-refractivity contribution in [2.45, 2.75) is 6.92 Å². The second-order valence-corrected chi connectivity index (χ2v) is 3.94. The van der Waals surface area contributed by atoms with Gasteiger partial charge in [0, 0.05) is 12.4 Å². The molecule has 0 aliphatic heterocycles. The first-order valence-electron chi connectivity index (χ1n) is 4.62. The van der Waals surface area contributed by atoms with Gasteiger partial charge in [0.15, 0.2) is 11.3 Å². The fraction of sp³-hybridized carbons (Fsp3) is 0.200. The minimum absolute atomic E-state index is 0. The zero-order valence-electron chi connectivity index (χ0n) is 8.81. The zero-order chi connectivity index (χ0) is 11.7. The quantitative estimate of drug-likeness (QED) is 0.766. The van der Waals surface area contributed by atoms with Crippen molar-refractivity contribution in [1.29, 1.82) is 0 Å². The van der Waals surface area contributed by atoms with E-state index in [4.69, 9.17) is 4.74 Å². The molecule has 0 fully saturated rings. The molecule has 0 aromatic carbocycles. The Labute approximate surface area is 116 Å². The van der Waals surface area contributed by atoms with Crippen molar-refractivity contribution in [3.8, 4) is 0 Å². The predicted molar refractivity (Wildman–Crippen MR) is 69.1 cm³/mol. The van der Waals surface area contributed by atoms with Crippen LogP contribution in [0.15, 0.2) is 22.9 Å². The van der Waals surface area contributed by atoms with Gasteiger partial charge in [0.25, 0.3) is 0 Å². The van der Waals surface area contributed by atoms with E-state index in [0.717, 1.165) is 0 Å². The Morgan fingerprint density at radius 2 is 2.29 bits per heavy atom. The Balaban J connectivity index is 0.00000144. The Kier molecular flexibility index (Phi) is 4.64. The van der Waals surface area contributed by atoms with Crippen LogP contribution in [0.25, 0.3) is 5.65 Å². The average Bonchev–Trinajstić information content (AvgIpc) is 2.62. The van der Waals surface area contributed by atoms with Gasteiger partial charge in [-0.1, -0.05) is 0 Å². The molecule has 92 valence electrons. The highest BCUT2D eigenvalue weighted by molar-refractivity contribution is 9.10. The first kappa shape index (κ1) is 14.1. The molecule has 0 saturated carbocycles. The van der Waals surface area contributed by atoms with Gasteiger partial charge < -0.3 is 9.14 Å². The lowest BCUT2D eigenvalue weighted by Crippen LogP contribution is -2.04. The van der Waals surface area contributed by atoms with Crippen LogP contribution in [-0.4, -0.2) is 22.0 Å². The Hall–Kier alpha value is -0.950. The smallest absolute Gasteiger partial charge is 0.358 e. The number of hydrogen-bond acceptors (Lipinski definition) is 3. The van der Waals surface area contributed by atoms with Crippen LogP contribution in [0.2, 0.25) is 0 Å². The number of nitrogens with zero attached hydrogens (tertiary/aromatic N) is 2. The summed E-state index contributed by atoms with van der Waals surface area (Å²) in [6, 6.07) is 1.29. The molecule has 0 unspecified atom stereocenters. The summed E-state index contributed by atoms with van der Waals surface area (Å²) >= 11 is 3.17. The van der Waals surface area contributed by atoms with Crippen LogP contribution in [0.1, 0.15) is 17.4 Å². The van der Waals surface area contributed by atoms with E-state index in [-0.39, 0.29) is 29.3 Å². The van der Waals surface area contributed by atoms with Crippen molar-refractivity contribution in [2.75, 3.05) is 6.61 Å². The minimum Gasteiger partial charge on any atom is -0.461 e. The van der Waals surface area contributed by atoms with Gasteiger partial charge >= 0.3 is 5.97 Å². The minimum atomic E-state index is -0.515. The predicted octanol–water partition coefficient (Wildman–Crippen LogP) is 2.99. The fourth-order valence-electron chi connectivity index (χ4n) is 1.33. The van der Waals surface area contributed by atoms with Crippen LogP contribution < -0.4 is 0 Å². The second kappa shape index (κ2) is 5.59. The third kappa shape index (κ3) is 2.84. The maximum absolute atomic E-state index is 13.1. The summed E-state index contributed by atoms with van der Waals surface area (Å²) in [5.41, 5.74) is 0.637. The van der Waals surface area contributed by atoms with Crippen molar-refractivity contribution in [3.05, 3.63) is 34.4 Å². The molecule has 4 nitrogen and oxygen atoms in total. The fourth-order valence-corrected chi connectivity index (χ4v) is 1.84. The molecule has 0 amide bonds. The summed E-state index contributed by atoms with van der Waals surface area (Å²) in [4.78, 5) is 15.5. The van der Waals surface area contributed by atoms with Gasteiger partial charge in [-0.15, -0.1) is 17.0 Å². The molecule has 0 saturated heterocycles. The number of pyridine rings is 1. The van der Waals surface area contributed by atoms with E-state index in [0.29, 0.717) is 10.1 Å². The number of carbonyl (C=O) groups is 1. The molecule has 0 radical (unpaired) electrons. The van der Waals surface area contributed by atoms with Crippen LogP contribution >= 0.6 is 32.9 Å². The Morgan fingerprint density at radius 3 is 2.94 bits per heavy atom. The molecule has 0 aliphatic carbocycles. The molecular formula is C10H9Br2FN2O2. The molecule has 0 bridgehead atoms. The lowest BCUT2D eigenvalue weighted by atomic mass is 10.4. The SMILES string of the molecule is Br.CCOC(=O)c1cn2cc(F)cc(Br)c2n1. The van der Waals surface area contributed by atoms with Crippen LogP contribution in [0.5, 0.6) is 0 Å². The van der Waals surface area contributed by atoms with Gasteiger partial charge in [-0.05, 0) is 28.9 Å². The first-order valence-corrected chi connectivity index (χ1v) is 5.42. The number of fused-ring (bicyclic) bond motifs is 1. The number of halogens is 3. The number of ether oxygens (including phenoxy) is 1. The van der Waals surface area contributed by atoms with Crippen LogP contribution in [0, 0.1) is 5.82 Å². The van der Waals surface area contributed by atoms with Gasteiger partial charge in [-0.25, -0.2) is 14.2 Å². The first-order chi connectivity index (χ1) is 7.61. The highest BCUT2D eigenvalue weighted by Crippen LogP contribution is 2.19. The average molecular weight is 368 g/mol. The third-order valence-corrected chi connectivity index (χ3v) is 2.54. The molecule has 17 heavy (non-hydrogen) atoms. The van der Waals surface area contributed by atoms with Crippen molar-refractivity contribution < 1.29 is 13.9 Å². The summed E-state index contributed by atoms with van der Waals surface area (Å²) in [5.74, 6) is -0.925. The van der Waals surface area contributed by atoms with Crippen molar-refractivity contribution in [2.24, 2.45) is 0 Å². The number of aromatic nitrogens is 2. The van der Waals surface area contributed by atoms with Crippen LogP contribution in [-0.2, 0) is 4.74 Å². The van der Waals surface area contributed by atoms with E-state index in [1.165, 1.54) is 22.9 Å². The second-order valence-electron chi connectivity index (χ2n) is 3.08. The molecule has 0 atom stereocenters. The summed E-state index contributed by atoms with van der Waals surface area (Å²) in [6.07, 6.45) is 2.68. The van der Waals surface area contributed by atoms with E-state index in [1.54, 1.807) is 6.92 Å². The molecule has 2 heterocycles. The molecule has 0 N–H and O–H groups in total. The highest BCUT2D eigenvalue weighted by atomic mass is 79.9. The zero-order valence-corrected chi connectivity index (χ0v) is 12.1. The van der Waals surface area contributed by atoms with E-state index in [1.807, 2.05) is 0 Å². The van der Waals surface area contributed by atoms with Gasteiger partial charge in [0.05, 0.1) is 11.1 Å². The van der Waals surface area contributed by atoms with E-state index < -0.39 is 11.8 Å². The van der Waals surface area contributed by atoms with E-state index in [2.05, 4.69) is 20.9 Å². The number of imidazole rings is 1. The third-order valence-electron chi connectivity index (χ3n) is 1.96. The lowest BCUT2D eigenvalue weighted by molar-refractivity contribution is 0.0520. The number of carbonyl (C=O) groups excluding carboxylic acids is 1. The standard InChI is InChI=1S/C10H8BrFN2O2.BrH/c1-2-16-10(15)8-5-14-4-6(12)3-7(11)9(14)13-8;/h3-5H,2H2,1H3;1H. The van der Waals surface area contributed by atoms with Crippen molar-refractivity contribution in [1.82, 2.24) is 9.38 Å². The summed E-state index contributed by atoms with van der Waals surface area (Å²) < 4.78 is 19.8. The van der Waals surface area contributed by atoms with Crippen LogP contribution in [0.4, 0.5) is 4.39 Å². The summed E-state index contributed by atoms with van der Waals surface area (Å²) in [6.45, 7) is 1.99. The molecule has 2 aromatic heterocycles. The summed E-state index contributed by atoms with van der Waals surface area (Å²) in [7, 11) is 0. The molecule has 2 aromatic rings. The number of esters is 1. The van der Waals surface area contributed by atoms with Gasteiger partial charge in [-0.3, -0.25) is 0 Å². The normalized spacial score (nSPS) is 10.1. The molecule has 0 aliphatic rings. The maximum atomic E-state index is 13.1. The van der Waals surface area contributed by atoms with Crippen LogP contribution in [0.3, 0.4) is 0 Å². The van der Waals surface area contributed by atoms with Gasteiger partial charge in [0.2, 0.25) is 0 Å². The Morgan fingerprint density at radius 1 is 1.59 bits per heavy atom. The molecule has 7 heteroatoms. The van der Waals surface area contributed by atoms with Crippen molar-refractivity contribution >= 4 is 44.5 Å².